The Morgan fingerprint density at radius 3 is 1.15 bits per heavy atom. The van der Waals surface area contributed by atoms with E-state index in [2.05, 4.69) is 130 Å². The van der Waals surface area contributed by atoms with E-state index in [1.807, 2.05) is 36.5 Å². The molecule has 0 aromatic carbocycles. The van der Waals surface area contributed by atoms with E-state index in [1.165, 1.54) is 32.1 Å². The maximum absolute atomic E-state index is 12.8. The van der Waals surface area contributed by atoms with Gasteiger partial charge in [-0.2, -0.15) is 0 Å². The molecule has 0 radical (unpaired) electrons. The van der Waals surface area contributed by atoms with Gasteiger partial charge in [0, 0.05) is 19.3 Å². The molecular formula is C60H92O6. The molecule has 0 aliphatic carbocycles. The van der Waals surface area contributed by atoms with Crippen LogP contribution in [0, 0.1) is 0 Å². The van der Waals surface area contributed by atoms with Crippen molar-refractivity contribution in [3.05, 3.63) is 146 Å². The molecule has 0 aliphatic heterocycles. The van der Waals surface area contributed by atoms with E-state index < -0.39 is 12.1 Å². The monoisotopic (exact) mass is 909 g/mol. The molecule has 6 nitrogen and oxygen atoms in total. The smallest absolute Gasteiger partial charge is 0.306 e. The minimum absolute atomic E-state index is 0.131. The van der Waals surface area contributed by atoms with Crippen LogP contribution in [0.2, 0.25) is 0 Å². The maximum Gasteiger partial charge on any atom is 0.306 e. The second-order valence-corrected chi connectivity index (χ2v) is 16.5. The number of unbranched alkanes of at least 4 members (excludes halogenated alkanes) is 14. The van der Waals surface area contributed by atoms with Gasteiger partial charge in [0.05, 0.1) is 0 Å². The lowest BCUT2D eigenvalue weighted by atomic mass is 10.1. The Balaban J connectivity index is 4.60. The fraction of sp³-hybridized carbons (Fsp3) is 0.550. The highest BCUT2D eigenvalue weighted by atomic mass is 16.6. The number of esters is 3. The van der Waals surface area contributed by atoms with Crippen molar-refractivity contribution in [1.29, 1.82) is 0 Å². The predicted octanol–water partition coefficient (Wildman–Crippen LogP) is 17.3. The number of rotatable bonds is 44. The van der Waals surface area contributed by atoms with Crippen LogP contribution in [0.25, 0.3) is 0 Å². The summed E-state index contributed by atoms with van der Waals surface area (Å²) < 4.78 is 16.7. The summed E-state index contributed by atoms with van der Waals surface area (Å²) in [6.45, 7) is 6.24. The van der Waals surface area contributed by atoms with Crippen molar-refractivity contribution in [3.8, 4) is 0 Å². The molecule has 0 fully saturated rings. The number of ether oxygens (including phenoxy) is 3. The minimum Gasteiger partial charge on any atom is -0.462 e. The molecule has 1 unspecified atom stereocenters. The predicted molar refractivity (Wildman–Crippen MR) is 283 cm³/mol. The molecule has 0 aliphatic rings. The molecule has 0 bridgehead atoms. The molecule has 0 heterocycles. The second kappa shape index (κ2) is 52.9. The van der Waals surface area contributed by atoms with Crippen LogP contribution in [0.4, 0.5) is 0 Å². The van der Waals surface area contributed by atoms with Crippen molar-refractivity contribution < 1.29 is 28.6 Å². The molecule has 368 valence electrons. The van der Waals surface area contributed by atoms with Crippen LogP contribution in [0.5, 0.6) is 0 Å². The van der Waals surface area contributed by atoms with Crippen LogP contribution in [-0.4, -0.2) is 37.2 Å². The van der Waals surface area contributed by atoms with Crippen molar-refractivity contribution in [2.45, 2.75) is 200 Å². The van der Waals surface area contributed by atoms with Crippen molar-refractivity contribution in [1.82, 2.24) is 0 Å². The van der Waals surface area contributed by atoms with Crippen LogP contribution >= 0.6 is 0 Å². The van der Waals surface area contributed by atoms with E-state index >= 15 is 0 Å². The summed E-state index contributed by atoms with van der Waals surface area (Å²) in [5.74, 6) is -1.06. The number of carbonyl (C=O) groups is 3. The van der Waals surface area contributed by atoms with Gasteiger partial charge < -0.3 is 14.2 Å². The molecule has 66 heavy (non-hydrogen) atoms. The highest BCUT2D eigenvalue weighted by Crippen LogP contribution is 2.11. The Morgan fingerprint density at radius 2 is 0.682 bits per heavy atom. The summed E-state index contributed by atoms with van der Waals surface area (Å²) >= 11 is 0. The average Bonchev–Trinajstić information content (AvgIpc) is 3.31. The first-order valence-corrected chi connectivity index (χ1v) is 25.9. The first-order chi connectivity index (χ1) is 32.5. The van der Waals surface area contributed by atoms with E-state index in [0.29, 0.717) is 12.8 Å². The highest BCUT2D eigenvalue weighted by Gasteiger charge is 2.19. The lowest BCUT2D eigenvalue weighted by Crippen LogP contribution is -2.30. The van der Waals surface area contributed by atoms with Gasteiger partial charge in [-0.1, -0.05) is 218 Å². The second-order valence-electron chi connectivity index (χ2n) is 16.5. The highest BCUT2D eigenvalue weighted by molar-refractivity contribution is 5.71. The third kappa shape index (κ3) is 50.3. The number of carbonyl (C=O) groups excluding carboxylic acids is 3. The zero-order valence-corrected chi connectivity index (χ0v) is 41.9. The van der Waals surface area contributed by atoms with Crippen LogP contribution in [-0.2, 0) is 28.6 Å². The zero-order chi connectivity index (χ0) is 47.9. The Labute approximate surface area is 404 Å². The minimum atomic E-state index is -0.839. The van der Waals surface area contributed by atoms with E-state index in [4.69, 9.17) is 14.2 Å². The summed E-state index contributed by atoms with van der Waals surface area (Å²) in [6.07, 6.45) is 75.5. The Hall–Kier alpha value is -4.71. The van der Waals surface area contributed by atoms with Gasteiger partial charge in [0.1, 0.15) is 13.2 Å². The van der Waals surface area contributed by atoms with Crippen molar-refractivity contribution in [2.24, 2.45) is 0 Å². The molecule has 0 rings (SSSR count). The third-order valence-electron chi connectivity index (χ3n) is 10.2. The molecule has 0 aromatic rings. The van der Waals surface area contributed by atoms with E-state index in [9.17, 15) is 14.4 Å². The molecular weight excluding hydrogens is 817 g/mol. The summed E-state index contributed by atoms with van der Waals surface area (Å²) in [5, 5.41) is 0. The van der Waals surface area contributed by atoms with E-state index in [-0.39, 0.29) is 38.0 Å². The average molecular weight is 909 g/mol. The quantitative estimate of drug-likeness (QED) is 0.0199. The molecule has 0 aromatic heterocycles. The van der Waals surface area contributed by atoms with E-state index in [1.54, 1.807) is 0 Å². The standard InChI is InChI=1S/C60H92O6/c1-4-7-10-13-16-19-22-25-27-29-31-32-35-38-41-44-47-50-53-59(62)65-56-57(55-64-58(61)52-49-46-43-40-37-34-24-21-18-15-12-9-6-3)66-60(63)54-51-48-45-42-39-36-33-30-28-26-23-20-17-14-11-8-5-2/h8-9,11-12,15,17-18,20-22,24-29,31-34,36-37,42,45,57H,4-7,10,13-14,16,19,23,30,35,38-41,43-44,46-56H2,1-3H3/b11-8+,12-9+,18-15+,20-17+,24-21+,25-22+,28-26+,29-27+,32-31+,36-33+,37-34+,45-42+. The lowest BCUT2D eigenvalue weighted by molar-refractivity contribution is -0.167. The Morgan fingerprint density at radius 1 is 0.333 bits per heavy atom. The molecule has 6 heteroatoms. The van der Waals surface area contributed by atoms with Gasteiger partial charge in [-0.25, -0.2) is 0 Å². The number of hydrogen-bond acceptors (Lipinski definition) is 6. The van der Waals surface area contributed by atoms with Crippen molar-refractivity contribution in [2.75, 3.05) is 13.2 Å². The number of allylic oxidation sites excluding steroid dienone is 24. The SMILES string of the molecule is CC/C=C/C=C/C=C/C=C/CCCCCC(=O)OCC(COC(=O)CCCCCCC/C=C/C=C/C=C/CCCCCCC)OC(=O)CCC/C=C/C/C=C/C/C=C/C/C=C/C/C=C/CC. The van der Waals surface area contributed by atoms with E-state index in [0.717, 1.165) is 116 Å². The van der Waals surface area contributed by atoms with Crippen LogP contribution < -0.4 is 0 Å². The van der Waals surface area contributed by atoms with Gasteiger partial charge in [0.15, 0.2) is 6.10 Å². The van der Waals surface area contributed by atoms with Crippen molar-refractivity contribution in [3.63, 3.8) is 0 Å². The first-order valence-electron chi connectivity index (χ1n) is 25.9. The molecule has 1 atom stereocenters. The molecule has 0 spiro atoms. The first kappa shape index (κ1) is 61.3. The molecule has 0 amide bonds. The van der Waals surface area contributed by atoms with Crippen LogP contribution in [0.15, 0.2) is 146 Å². The van der Waals surface area contributed by atoms with Gasteiger partial charge in [-0.05, 0) is 103 Å². The molecule has 0 saturated heterocycles. The largest absolute Gasteiger partial charge is 0.462 e. The van der Waals surface area contributed by atoms with Gasteiger partial charge in [0.2, 0.25) is 0 Å². The van der Waals surface area contributed by atoms with Gasteiger partial charge in [0.25, 0.3) is 0 Å². The van der Waals surface area contributed by atoms with Crippen molar-refractivity contribution >= 4 is 17.9 Å². The lowest BCUT2D eigenvalue weighted by Gasteiger charge is -2.18. The van der Waals surface area contributed by atoms with Gasteiger partial charge >= 0.3 is 17.9 Å². The zero-order valence-electron chi connectivity index (χ0n) is 41.9. The fourth-order valence-electron chi connectivity index (χ4n) is 6.37. The van der Waals surface area contributed by atoms with Crippen LogP contribution in [0.3, 0.4) is 0 Å². The van der Waals surface area contributed by atoms with Gasteiger partial charge in [-0.3, -0.25) is 14.4 Å². The summed E-state index contributed by atoms with van der Waals surface area (Å²) in [5.41, 5.74) is 0. The summed E-state index contributed by atoms with van der Waals surface area (Å²) in [4.78, 5) is 38.0. The Bertz CT molecular complexity index is 1510. The summed E-state index contributed by atoms with van der Waals surface area (Å²) in [7, 11) is 0. The topological polar surface area (TPSA) is 78.9 Å². The molecule has 0 saturated carbocycles. The number of hydrogen-bond donors (Lipinski definition) is 0. The fourth-order valence-corrected chi connectivity index (χ4v) is 6.37. The van der Waals surface area contributed by atoms with Gasteiger partial charge in [-0.15, -0.1) is 0 Å². The maximum atomic E-state index is 12.8. The van der Waals surface area contributed by atoms with Crippen LogP contribution in [0.1, 0.15) is 194 Å². The molecule has 0 N–H and O–H groups in total. The summed E-state index contributed by atoms with van der Waals surface area (Å²) in [6, 6.07) is 0. The normalized spacial score (nSPS) is 13.3. The third-order valence-corrected chi connectivity index (χ3v) is 10.2. The Kier molecular flexibility index (Phi) is 49.1.